The number of hydrogen-bond donors (Lipinski definition) is 0. The van der Waals surface area contributed by atoms with Gasteiger partial charge in [-0.2, -0.15) is 4.68 Å². The molecule has 0 radical (unpaired) electrons. The highest BCUT2D eigenvalue weighted by atomic mass is 35.5. The maximum Gasteiger partial charge on any atom is 0.350 e. The summed E-state index contributed by atoms with van der Waals surface area (Å²) in [5.41, 5.74) is -0.0376. The van der Waals surface area contributed by atoms with E-state index >= 15 is 0 Å². The SMILES string of the molecule is CCN(CC)n1c(=O)c2ccc(Cl)cc2n(CC)c1=O. The van der Waals surface area contributed by atoms with Crippen molar-refractivity contribution < 1.29 is 0 Å². The summed E-state index contributed by atoms with van der Waals surface area (Å²) in [6.07, 6.45) is 0. The lowest BCUT2D eigenvalue weighted by atomic mass is 10.2. The molecule has 0 N–H and O–H groups in total. The van der Waals surface area contributed by atoms with Gasteiger partial charge in [0.25, 0.3) is 5.56 Å². The Morgan fingerprint density at radius 1 is 1.15 bits per heavy atom. The Labute approximate surface area is 122 Å². The van der Waals surface area contributed by atoms with Crippen molar-refractivity contribution in [1.29, 1.82) is 0 Å². The van der Waals surface area contributed by atoms with Crippen LogP contribution in [-0.2, 0) is 6.54 Å². The minimum atomic E-state index is -0.323. The van der Waals surface area contributed by atoms with E-state index in [1.165, 1.54) is 4.68 Å². The zero-order valence-electron chi connectivity index (χ0n) is 11.9. The molecule has 0 unspecified atom stereocenters. The zero-order valence-corrected chi connectivity index (χ0v) is 12.6. The molecule has 0 bridgehead atoms. The highest BCUT2D eigenvalue weighted by molar-refractivity contribution is 6.31. The van der Waals surface area contributed by atoms with E-state index in [0.29, 0.717) is 35.6 Å². The van der Waals surface area contributed by atoms with E-state index < -0.39 is 0 Å². The number of rotatable bonds is 4. The van der Waals surface area contributed by atoms with E-state index in [1.54, 1.807) is 27.8 Å². The molecule has 1 aromatic carbocycles. The molecule has 0 aliphatic rings. The van der Waals surface area contributed by atoms with Crippen LogP contribution in [0.15, 0.2) is 27.8 Å². The third-order valence-corrected chi connectivity index (χ3v) is 3.65. The molecule has 5 nitrogen and oxygen atoms in total. The number of nitrogens with zero attached hydrogens (tertiary/aromatic N) is 3. The smallest absolute Gasteiger partial charge is 0.306 e. The quantitative estimate of drug-likeness (QED) is 0.864. The average Bonchev–Trinajstić information content (AvgIpc) is 2.43. The molecule has 6 heteroatoms. The lowest BCUT2D eigenvalue weighted by molar-refractivity contribution is 0.541. The number of benzene rings is 1. The molecule has 108 valence electrons. The Morgan fingerprint density at radius 3 is 2.35 bits per heavy atom. The monoisotopic (exact) mass is 295 g/mol. The van der Waals surface area contributed by atoms with Gasteiger partial charge in [-0.1, -0.05) is 11.6 Å². The highest BCUT2D eigenvalue weighted by Gasteiger charge is 2.15. The summed E-state index contributed by atoms with van der Waals surface area (Å²) < 4.78 is 2.79. The average molecular weight is 296 g/mol. The van der Waals surface area contributed by atoms with Gasteiger partial charge >= 0.3 is 5.69 Å². The number of aryl methyl sites for hydroxylation is 1. The molecule has 0 fully saturated rings. The van der Waals surface area contributed by atoms with Gasteiger partial charge in [-0.3, -0.25) is 9.36 Å². The maximum absolute atomic E-state index is 12.6. The van der Waals surface area contributed by atoms with Gasteiger partial charge in [0.05, 0.1) is 10.9 Å². The Bertz CT molecular complexity index is 744. The minimum absolute atomic E-state index is 0.296. The lowest BCUT2D eigenvalue weighted by Gasteiger charge is -2.24. The number of halogens is 1. The predicted octanol–water partition coefficient (Wildman–Crippen LogP) is 1.81. The van der Waals surface area contributed by atoms with Gasteiger partial charge in [0.1, 0.15) is 0 Å². The second-order valence-corrected chi connectivity index (χ2v) is 4.88. The molecule has 20 heavy (non-hydrogen) atoms. The van der Waals surface area contributed by atoms with Crippen LogP contribution in [0, 0.1) is 0 Å². The van der Waals surface area contributed by atoms with Gasteiger partial charge < -0.3 is 5.01 Å². The van der Waals surface area contributed by atoms with Crippen molar-refractivity contribution >= 4 is 22.5 Å². The first-order chi connectivity index (χ1) is 9.54. The summed E-state index contributed by atoms with van der Waals surface area (Å²) in [5, 5.41) is 2.74. The van der Waals surface area contributed by atoms with Crippen molar-refractivity contribution in [2.24, 2.45) is 0 Å². The predicted molar refractivity (Wildman–Crippen MR) is 82.5 cm³/mol. The fourth-order valence-electron chi connectivity index (χ4n) is 2.39. The molecule has 1 heterocycles. The fraction of sp³-hybridized carbons (Fsp3) is 0.429. The normalized spacial score (nSPS) is 11.0. The molecule has 0 atom stereocenters. The first-order valence-electron chi connectivity index (χ1n) is 6.75. The molecular formula is C14H18ClN3O2. The number of aromatic nitrogens is 2. The molecule has 2 rings (SSSR count). The third kappa shape index (κ3) is 2.22. The summed E-state index contributed by atoms with van der Waals surface area (Å²) in [7, 11) is 0. The van der Waals surface area contributed by atoms with Crippen LogP contribution in [0.5, 0.6) is 0 Å². The summed E-state index contributed by atoms with van der Waals surface area (Å²) in [6.45, 7) is 7.37. The van der Waals surface area contributed by atoms with E-state index in [9.17, 15) is 9.59 Å². The third-order valence-electron chi connectivity index (χ3n) is 3.41. The Hall–Kier alpha value is -1.75. The molecule has 0 amide bonds. The molecular weight excluding hydrogens is 278 g/mol. The van der Waals surface area contributed by atoms with Crippen LogP contribution in [0.3, 0.4) is 0 Å². The van der Waals surface area contributed by atoms with Gasteiger partial charge in [-0.15, -0.1) is 0 Å². The van der Waals surface area contributed by atoms with E-state index in [2.05, 4.69) is 0 Å². The molecule has 0 saturated carbocycles. The molecule has 0 saturated heterocycles. The first kappa shape index (κ1) is 14.7. The number of fused-ring (bicyclic) bond motifs is 1. The maximum atomic E-state index is 12.6. The van der Waals surface area contributed by atoms with Crippen LogP contribution < -0.4 is 16.3 Å². The Kier molecular flexibility index (Phi) is 4.18. The van der Waals surface area contributed by atoms with Crippen LogP contribution in [-0.4, -0.2) is 22.3 Å². The molecule has 0 aliphatic heterocycles. The Morgan fingerprint density at radius 2 is 1.80 bits per heavy atom. The molecule has 1 aromatic heterocycles. The zero-order chi connectivity index (χ0) is 14.9. The van der Waals surface area contributed by atoms with Gasteiger partial charge in [0.15, 0.2) is 0 Å². The number of hydrogen-bond acceptors (Lipinski definition) is 3. The summed E-state index contributed by atoms with van der Waals surface area (Å²) in [6, 6.07) is 5.00. The van der Waals surface area contributed by atoms with Crippen LogP contribution in [0.4, 0.5) is 0 Å². The van der Waals surface area contributed by atoms with Gasteiger partial charge in [0, 0.05) is 24.7 Å². The molecule has 0 aliphatic carbocycles. The van der Waals surface area contributed by atoms with Gasteiger partial charge in [-0.05, 0) is 39.0 Å². The lowest BCUT2D eigenvalue weighted by Crippen LogP contribution is -2.52. The molecule has 2 aromatic rings. The summed E-state index contributed by atoms with van der Waals surface area (Å²) >= 11 is 5.97. The Balaban J connectivity index is 2.95. The van der Waals surface area contributed by atoms with Crippen molar-refractivity contribution in [3.63, 3.8) is 0 Å². The van der Waals surface area contributed by atoms with Crippen LogP contribution >= 0.6 is 11.6 Å². The summed E-state index contributed by atoms with van der Waals surface area (Å²) in [4.78, 5) is 25.1. The fourth-order valence-corrected chi connectivity index (χ4v) is 2.56. The van der Waals surface area contributed by atoms with Crippen LogP contribution in [0.1, 0.15) is 20.8 Å². The van der Waals surface area contributed by atoms with Crippen molar-refractivity contribution in [2.45, 2.75) is 27.3 Å². The second-order valence-electron chi connectivity index (χ2n) is 4.44. The highest BCUT2D eigenvalue weighted by Crippen LogP contribution is 2.15. The second kappa shape index (κ2) is 5.71. The van der Waals surface area contributed by atoms with Crippen LogP contribution in [0.25, 0.3) is 10.9 Å². The van der Waals surface area contributed by atoms with Crippen LogP contribution in [0.2, 0.25) is 5.02 Å². The summed E-state index contributed by atoms with van der Waals surface area (Å²) in [5.74, 6) is 0. The van der Waals surface area contributed by atoms with Crippen molar-refractivity contribution in [3.8, 4) is 0 Å². The van der Waals surface area contributed by atoms with E-state index in [-0.39, 0.29) is 11.2 Å². The van der Waals surface area contributed by atoms with Crippen molar-refractivity contribution in [1.82, 2.24) is 9.24 Å². The topological polar surface area (TPSA) is 47.2 Å². The van der Waals surface area contributed by atoms with Crippen molar-refractivity contribution in [2.75, 3.05) is 18.1 Å². The largest absolute Gasteiger partial charge is 0.350 e. The minimum Gasteiger partial charge on any atom is -0.306 e. The standard InChI is InChI=1S/C14H18ClN3O2/c1-4-16(5-2)18-13(19)11-8-7-10(15)9-12(11)17(6-3)14(18)20/h7-9H,4-6H2,1-3H3. The van der Waals surface area contributed by atoms with E-state index in [0.717, 1.165) is 0 Å². The first-order valence-corrected chi connectivity index (χ1v) is 7.13. The van der Waals surface area contributed by atoms with Gasteiger partial charge in [-0.25, -0.2) is 4.79 Å². The molecule has 0 spiro atoms. The van der Waals surface area contributed by atoms with Crippen molar-refractivity contribution in [3.05, 3.63) is 44.1 Å². The van der Waals surface area contributed by atoms with E-state index in [4.69, 9.17) is 11.6 Å². The van der Waals surface area contributed by atoms with Gasteiger partial charge in [0.2, 0.25) is 0 Å². The van der Waals surface area contributed by atoms with E-state index in [1.807, 2.05) is 20.8 Å².